The molecule has 1 aromatic heterocycles. The third kappa shape index (κ3) is 2.76. The molecule has 90 valence electrons. The predicted molar refractivity (Wildman–Crippen MR) is 74.2 cm³/mol. The average molecular weight is 228 g/mol. The molecule has 1 N–H and O–H groups in total. The van der Waals surface area contributed by atoms with Crippen LogP contribution in [0.25, 0.3) is 10.8 Å². The van der Waals surface area contributed by atoms with E-state index in [1.165, 1.54) is 10.8 Å². The Morgan fingerprint density at radius 1 is 1.12 bits per heavy atom. The van der Waals surface area contributed by atoms with Crippen LogP contribution in [0.4, 0.5) is 5.82 Å². The molecule has 2 rings (SSSR count). The van der Waals surface area contributed by atoms with Gasteiger partial charge in [0.05, 0.1) is 0 Å². The summed E-state index contributed by atoms with van der Waals surface area (Å²) >= 11 is 0. The van der Waals surface area contributed by atoms with Gasteiger partial charge in [0.1, 0.15) is 5.82 Å². The van der Waals surface area contributed by atoms with Crippen molar-refractivity contribution < 1.29 is 0 Å². The third-order valence-electron chi connectivity index (χ3n) is 3.40. The molecule has 2 aromatic rings. The van der Waals surface area contributed by atoms with Crippen LogP contribution in [0.15, 0.2) is 36.5 Å². The molecular formula is C15H20N2. The van der Waals surface area contributed by atoms with Gasteiger partial charge in [-0.25, -0.2) is 4.98 Å². The van der Waals surface area contributed by atoms with Crippen LogP contribution in [-0.2, 0) is 0 Å². The van der Waals surface area contributed by atoms with Crippen LogP contribution in [0.5, 0.6) is 0 Å². The van der Waals surface area contributed by atoms with Crippen LogP contribution in [0.2, 0.25) is 0 Å². The zero-order chi connectivity index (χ0) is 12.3. The standard InChI is InChI=1S/C15H20N2/c1-11(2)12(3)10-17-15-14-7-5-4-6-13(14)8-9-16-15/h4-9,11-12H,10H2,1-3H3,(H,16,17). The molecule has 0 bridgehead atoms. The second-order valence-electron chi connectivity index (χ2n) is 4.98. The first-order valence-corrected chi connectivity index (χ1v) is 6.26. The minimum atomic E-state index is 0.649. The molecule has 0 aliphatic heterocycles. The monoisotopic (exact) mass is 228 g/mol. The summed E-state index contributed by atoms with van der Waals surface area (Å²) in [4.78, 5) is 4.43. The van der Waals surface area contributed by atoms with E-state index in [4.69, 9.17) is 0 Å². The van der Waals surface area contributed by atoms with Gasteiger partial charge in [0, 0.05) is 18.1 Å². The molecule has 1 aromatic carbocycles. The van der Waals surface area contributed by atoms with Crippen molar-refractivity contribution in [2.75, 3.05) is 11.9 Å². The SMILES string of the molecule is CC(C)C(C)CNc1nccc2ccccc12. The summed E-state index contributed by atoms with van der Waals surface area (Å²) < 4.78 is 0. The number of nitrogens with one attached hydrogen (secondary N) is 1. The number of benzene rings is 1. The van der Waals surface area contributed by atoms with Crippen molar-refractivity contribution >= 4 is 16.6 Å². The maximum atomic E-state index is 4.43. The Labute approximate surface area is 103 Å². The molecule has 2 nitrogen and oxygen atoms in total. The number of fused-ring (bicyclic) bond motifs is 1. The fourth-order valence-electron chi connectivity index (χ4n) is 1.75. The molecule has 0 aliphatic carbocycles. The van der Waals surface area contributed by atoms with Gasteiger partial charge in [-0.05, 0) is 23.3 Å². The molecule has 1 atom stereocenters. The highest BCUT2D eigenvalue weighted by atomic mass is 15.0. The van der Waals surface area contributed by atoms with Crippen molar-refractivity contribution in [3.63, 3.8) is 0 Å². The fraction of sp³-hybridized carbons (Fsp3) is 0.400. The van der Waals surface area contributed by atoms with E-state index in [0.717, 1.165) is 12.4 Å². The smallest absolute Gasteiger partial charge is 0.133 e. The molecule has 0 spiro atoms. The van der Waals surface area contributed by atoms with Gasteiger partial charge >= 0.3 is 0 Å². The normalized spacial score (nSPS) is 12.9. The highest BCUT2D eigenvalue weighted by molar-refractivity contribution is 5.91. The van der Waals surface area contributed by atoms with Gasteiger partial charge in [0.25, 0.3) is 0 Å². The molecule has 2 heteroatoms. The first-order chi connectivity index (χ1) is 8.18. The maximum absolute atomic E-state index is 4.43. The molecule has 1 heterocycles. The number of hydrogen-bond acceptors (Lipinski definition) is 2. The van der Waals surface area contributed by atoms with Gasteiger partial charge in [-0.15, -0.1) is 0 Å². The van der Waals surface area contributed by atoms with Crippen LogP contribution in [0.1, 0.15) is 20.8 Å². The molecule has 0 aliphatic rings. The third-order valence-corrected chi connectivity index (χ3v) is 3.40. The minimum Gasteiger partial charge on any atom is -0.369 e. The molecule has 0 saturated carbocycles. The van der Waals surface area contributed by atoms with Crippen molar-refractivity contribution in [2.24, 2.45) is 11.8 Å². The largest absolute Gasteiger partial charge is 0.369 e. The summed E-state index contributed by atoms with van der Waals surface area (Å²) in [7, 11) is 0. The number of nitrogens with zero attached hydrogens (tertiary/aromatic N) is 1. The quantitative estimate of drug-likeness (QED) is 0.857. The van der Waals surface area contributed by atoms with E-state index in [1.54, 1.807) is 0 Å². The Morgan fingerprint density at radius 3 is 2.65 bits per heavy atom. The molecule has 1 unspecified atom stereocenters. The van der Waals surface area contributed by atoms with Crippen LogP contribution < -0.4 is 5.32 Å². The summed E-state index contributed by atoms with van der Waals surface area (Å²) in [6.07, 6.45) is 1.87. The Bertz CT molecular complexity index is 486. The first-order valence-electron chi connectivity index (χ1n) is 6.26. The van der Waals surface area contributed by atoms with Gasteiger partial charge in [-0.1, -0.05) is 45.0 Å². The van der Waals surface area contributed by atoms with E-state index in [2.05, 4.69) is 55.3 Å². The Hall–Kier alpha value is -1.57. The van der Waals surface area contributed by atoms with Gasteiger partial charge in [0.15, 0.2) is 0 Å². The Morgan fingerprint density at radius 2 is 1.88 bits per heavy atom. The summed E-state index contributed by atoms with van der Waals surface area (Å²) in [6, 6.07) is 10.4. The molecule has 0 radical (unpaired) electrons. The van der Waals surface area contributed by atoms with E-state index in [0.29, 0.717) is 11.8 Å². The Kier molecular flexibility index (Phi) is 3.62. The summed E-state index contributed by atoms with van der Waals surface area (Å²) in [5, 5.41) is 5.90. The number of hydrogen-bond donors (Lipinski definition) is 1. The van der Waals surface area contributed by atoms with Crippen molar-refractivity contribution in [1.29, 1.82) is 0 Å². The summed E-state index contributed by atoms with van der Waals surface area (Å²) in [5.41, 5.74) is 0. The van der Waals surface area contributed by atoms with Crippen LogP contribution in [0.3, 0.4) is 0 Å². The van der Waals surface area contributed by atoms with E-state index in [-0.39, 0.29) is 0 Å². The van der Waals surface area contributed by atoms with Crippen molar-refractivity contribution in [2.45, 2.75) is 20.8 Å². The number of anilines is 1. The number of aromatic nitrogens is 1. The van der Waals surface area contributed by atoms with Gasteiger partial charge in [-0.2, -0.15) is 0 Å². The highest BCUT2D eigenvalue weighted by Gasteiger charge is 2.08. The Balaban J connectivity index is 2.19. The summed E-state index contributed by atoms with van der Waals surface area (Å²) in [5.74, 6) is 2.34. The molecule has 0 fully saturated rings. The van der Waals surface area contributed by atoms with Gasteiger partial charge < -0.3 is 5.32 Å². The minimum absolute atomic E-state index is 0.649. The van der Waals surface area contributed by atoms with Crippen molar-refractivity contribution in [3.8, 4) is 0 Å². The molecule has 0 amide bonds. The summed E-state index contributed by atoms with van der Waals surface area (Å²) in [6.45, 7) is 7.74. The highest BCUT2D eigenvalue weighted by Crippen LogP contribution is 2.21. The van der Waals surface area contributed by atoms with Crippen LogP contribution in [0, 0.1) is 11.8 Å². The zero-order valence-corrected chi connectivity index (χ0v) is 10.8. The lowest BCUT2D eigenvalue weighted by molar-refractivity contribution is 0.439. The zero-order valence-electron chi connectivity index (χ0n) is 10.8. The lowest BCUT2D eigenvalue weighted by Gasteiger charge is -2.17. The second-order valence-corrected chi connectivity index (χ2v) is 4.98. The molecule has 0 saturated heterocycles. The number of pyridine rings is 1. The topological polar surface area (TPSA) is 24.9 Å². The molecule has 17 heavy (non-hydrogen) atoms. The fourth-order valence-corrected chi connectivity index (χ4v) is 1.75. The lowest BCUT2D eigenvalue weighted by atomic mass is 9.98. The van der Waals surface area contributed by atoms with E-state index < -0.39 is 0 Å². The van der Waals surface area contributed by atoms with Crippen molar-refractivity contribution in [3.05, 3.63) is 36.5 Å². The lowest BCUT2D eigenvalue weighted by Crippen LogP contribution is -2.16. The van der Waals surface area contributed by atoms with E-state index in [9.17, 15) is 0 Å². The first kappa shape index (κ1) is 11.9. The second kappa shape index (κ2) is 5.17. The number of rotatable bonds is 4. The average Bonchev–Trinajstić information content (AvgIpc) is 2.35. The van der Waals surface area contributed by atoms with E-state index >= 15 is 0 Å². The van der Waals surface area contributed by atoms with Crippen LogP contribution in [-0.4, -0.2) is 11.5 Å². The van der Waals surface area contributed by atoms with Crippen LogP contribution >= 0.6 is 0 Å². The van der Waals surface area contributed by atoms with Gasteiger partial charge in [-0.3, -0.25) is 0 Å². The van der Waals surface area contributed by atoms with E-state index in [1.807, 2.05) is 12.3 Å². The maximum Gasteiger partial charge on any atom is 0.133 e. The van der Waals surface area contributed by atoms with Crippen molar-refractivity contribution in [1.82, 2.24) is 4.98 Å². The van der Waals surface area contributed by atoms with Gasteiger partial charge in [0.2, 0.25) is 0 Å². The predicted octanol–water partition coefficient (Wildman–Crippen LogP) is 3.94. The molecular weight excluding hydrogens is 208 g/mol.